The van der Waals surface area contributed by atoms with Crippen molar-refractivity contribution in [3.8, 4) is 0 Å². The summed E-state index contributed by atoms with van der Waals surface area (Å²) in [6, 6.07) is 6.40. The zero-order valence-corrected chi connectivity index (χ0v) is 16.0. The lowest BCUT2D eigenvalue weighted by molar-refractivity contribution is 0.167. The fourth-order valence-electron chi connectivity index (χ4n) is 3.57. The van der Waals surface area contributed by atoms with Crippen LogP contribution < -0.4 is 16.0 Å². The van der Waals surface area contributed by atoms with E-state index in [0.717, 1.165) is 41.2 Å². The van der Waals surface area contributed by atoms with Crippen LogP contribution >= 0.6 is 0 Å². The summed E-state index contributed by atoms with van der Waals surface area (Å²) in [5.74, 6) is 0.995. The molecular weight excluding hydrogens is 373 g/mol. The van der Waals surface area contributed by atoms with Gasteiger partial charge in [-0.15, -0.1) is 0 Å². The number of fused-ring (bicyclic) bond motifs is 1. The molecule has 1 aliphatic carbocycles. The largest absolute Gasteiger partial charge is 0.371 e. The van der Waals surface area contributed by atoms with Crippen molar-refractivity contribution in [2.75, 3.05) is 16.0 Å². The number of aryl methyl sites for hydroxylation is 1. The molecule has 3 aromatic rings. The molecule has 0 amide bonds. The van der Waals surface area contributed by atoms with Crippen LogP contribution in [-0.4, -0.2) is 36.6 Å². The summed E-state index contributed by atoms with van der Waals surface area (Å²) in [6.07, 6.45) is 4.94. The first-order valence-corrected chi connectivity index (χ1v) is 9.62. The van der Waals surface area contributed by atoms with Crippen LogP contribution in [0.2, 0.25) is 0 Å². The Morgan fingerprint density at radius 2 is 2.03 bits per heavy atom. The lowest BCUT2D eigenvalue weighted by Crippen LogP contribution is -2.45. The first kappa shape index (κ1) is 17.9. The molecular formula is C20H22FN7O. The van der Waals surface area contributed by atoms with Gasteiger partial charge in [0.1, 0.15) is 17.7 Å². The first-order chi connectivity index (χ1) is 14.0. The van der Waals surface area contributed by atoms with Crippen molar-refractivity contribution in [3.05, 3.63) is 59.3 Å². The molecule has 0 bridgehead atoms. The Balaban J connectivity index is 1.26. The topological polar surface area (TPSA) is 99.9 Å². The van der Waals surface area contributed by atoms with Crippen LogP contribution in [-0.2, 0) is 13.1 Å². The Kier molecular flexibility index (Phi) is 4.13. The number of halogens is 1. The quantitative estimate of drug-likeness (QED) is 0.527. The van der Waals surface area contributed by atoms with Crippen molar-refractivity contribution in [2.24, 2.45) is 0 Å². The van der Waals surface area contributed by atoms with Crippen LogP contribution in [0.1, 0.15) is 29.7 Å². The van der Waals surface area contributed by atoms with Crippen LogP contribution in [0.25, 0.3) is 0 Å². The summed E-state index contributed by atoms with van der Waals surface area (Å²) < 4.78 is 14.8. The van der Waals surface area contributed by atoms with Crippen LogP contribution in [0, 0.1) is 12.7 Å². The molecule has 1 atom stereocenters. The molecule has 150 valence electrons. The van der Waals surface area contributed by atoms with Gasteiger partial charge >= 0.3 is 0 Å². The van der Waals surface area contributed by atoms with Gasteiger partial charge in [0.05, 0.1) is 24.0 Å². The zero-order valence-electron chi connectivity index (χ0n) is 16.0. The minimum absolute atomic E-state index is 0.244. The second kappa shape index (κ2) is 6.70. The first-order valence-electron chi connectivity index (χ1n) is 9.62. The minimum atomic E-state index is -0.622. The smallest absolute Gasteiger partial charge is 0.225 e. The number of aromatic nitrogens is 4. The van der Waals surface area contributed by atoms with E-state index in [1.807, 2.05) is 17.8 Å². The number of nitrogens with zero attached hydrogens (tertiary/aromatic N) is 4. The number of aliphatic hydroxyl groups is 1. The molecule has 0 saturated heterocycles. The summed E-state index contributed by atoms with van der Waals surface area (Å²) in [5.41, 5.74) is 3.19. The van der Waals surface area contributed by atoms with Gasteiger partial charge in [-0.3, -0.25) is 4.68 Å². The number of aliphatic hydroxyl groups excluding tert-OH is 1. The number of anilines is 3. The Morgan fingerprint density at radius 1 is 1.24 bits per heavy atom. The van der Waals surface area contributed by atoms with Crippen molar-refractivity contribution in [3.63, 3.8) is 0 Å². The summed E-state index contributed by atoms with van der Waals surface area (Å²) in [6.45, 7) is 3.00. The Bertz CT molecular complexity index is 1050. The normalized spacial score (nSPS) is 18.7. The highest BCUT2D eigenvalue weighted by molar-refractivity contribution is 5.73. The molecule has 29 heavy (non-hydrogen) atoms. The summed E-state index contributed by atoms with van der Waals surface area (Å²) >= 11 is 0. The molecule has 2 aromatic heterocycles. The van der Waals surface area contributed by atoms with Gasteiger partial charge < -0.3 is 21.1 Å². The minimum Gasteiger partial charge on any atom is -0.371 e. The maximum atomic E-state index is 13.0. The van der Waals surface area contributed by atoms with E-state index in [1.54, 1.807) is 18.3 Å². The van der Waals surface area contributed by atoms with Crippen molar-refractivity contribution in [1.82, 2.24) is 19.7 Å². The molecule has 1 saturated carbocycles. The molecule has 1 aliphatic heterocycles. The maximum absolute atomic E-state index is 13.0. The number of benzene rings is 1. The highest BCUT2D eigenvalue weighted by Gasteiger charge is 2.52. The highest BCUT2D eigenvalue weighted by atomic mass is 19.1. The second-order valence-electron chi connectivity index (χ2n) is 7.71. The van der Waals surface area contributed by atoms with Crippen LogP contribution in [0.5, 0.6) is 0 Å². The molecule has 8 nitrogen and oxygen atoms in total. The fraction of sp³-hybridized carbons (Fsp3) is 0.350. The van der Waals surface area contributed by atoms with Gasteiger partial charge in [0.2, 0.25) is 5.95 Å². The average Bonchev–Trinajstić information content (AvgIpc) is 3.33. The van der Waals surface area contributed by atoms with Crippen molar-refractivity contribution >= 4 is 17.5 Å². The van der Waals surface area contributed by atoms with Gasteiger partial charge in [-0.2, -0.15) is 10.1 Å². The van der Waals surface area contributed by atoms with Crippen molar-refractivity contribution < 1.29 is 9.50 Å². The third-order valence-corrected chi connectivity index (χ3v) is 5.45. The summed E-state index contributed by atoms with van der Waals surface area (Å²) in [7, 11) is 0. The molecule has 1 fully saturated rings. The van der Waals surface area contributed by atoms with E-state index in [0.29, 0.717) is 19.0 Å². The van der Waals surface area contributed by atoms with Gasteiger partial charge in [-0.25, -0.2) is 9.37 Å². The van der Waals surface area contributed by atoms with Crippen LogP contribution in [0.4, 0.5) is 21.8 Å². The van der Waals surface area contributed by atoms with Gasteiger partial charge in [0, 0.05) is 18.3 Å². The molecule has 1 spiro atoms. The van der Waals surface area contributed by atoms with Gasteiger partial charge in [0.25, 0.3) is 0 Å². The molecule has 3 heterocycles. The average molecular weight is 395 g/mol. The van der Waals surface area contributed by atoms with Crippen LogP contribution in [0.3, 0.4) is 0 Å². The zero-order chi connectivity index (χ0) is 20.0. The van der Waals surface area contributed by atoms with E-state index in [4.69, 9.17) is 0 Å². The van der Waals surface area contributed by atoms with E-state index in [-0.39, 0.29) is 11.4 Å². The number of nitrogens with one attached hydrogen (secondary N) is 3. The fourth-order valence-corrected chi connectivity index (χ4v) is 3.57. The predicted octanol–water partition coefficient (Wildman–Crippen LogP) is 2.47. The standard InChI is InChI=1S/C20H22FN7O/c1-12-16-17(27-20(6-7-20)18(29)25-16)26-19(24-12)22-8-14-9-23-28(11-14)10-13-2-4-15(21)5-3-13/h2-5,9,11,18,25,29H,6-8,10H2,1H3,(H2,22,24,26,27). The van der Waals surface area contributed by atoms with E-state index in [1.165, 1.54) is 12.1 Å². The maximum Gasteiger partial charge on any atom is 0.225 e. The highest BCUT2D eigenvalue weighted by Crippen LogP contribution is 2.47. The van der Waals surface area contributed by atoms with E-state index in [9.17, 15) is 9.50 Å². The summed E-state index contributed by atoms with van der Waals surface area (Å²) in [4.78, 5) is 9.06. The van der Waals surface area contributed by atoms with E-state index >= 15 is 0 Å². The molecule has 1 unspecified atom stereocenters. The molecule has 0 radical (unpaired) electrons. The Morgan fingerprint density at radius 3 is 2.79 bits per heavy atom. The third-order valence-electron chi connectivity index (χ3n) is 5.45. The Hall–Kier alpha value is -3.20. The van der Waals surface area contributed by atoms with Gasteiger partial charge in [-0.1, -0.05) is 12.1 Å². The Labute approximate surface area is 167 Å². The second-order valence-corrected chi connectivity index (χ2v) is 7.71. The SMILES string of the molecule is Cc1nc(NCc2cnn(Cc3ccc(F)cc3)c2)nc2c1NC(O)C1(CC1)N2. The van der Waals surface area contributed by atoms with E-state index in [2.05, 4.69) is 31.0 Å². The molecule has 4 N–H and O–H groups in total. The molecule has 9 heteroatoms. The van der Waals surface area contributed by atoms with Gasteiger partial charge in [-0.05, 0) is 37.5 Å². The third kappa shape index (κ3) is 3.49. The predicted molar refractivity (Wildman–Crippen MR) is 107 cm³/mol. The molecule has 5 rings (SSSR count). The van der Waals surface area contributed by atoms with E-state index < -0.39 is 6.23 Å². The number of hydrogen-bond donors (Lipinski definition) is 4. The van der Waals surface area contributed by atoms with Gasteiger partial charge in [0.15, 0.2) is 5.82 Å². The van der Waals surface area contributed by atoms with Crippen LogP contribution in [0.15, 0.2) is 36.7 Å². The van der Waals surface area contributed by atoms with Crippen molar-refractivity contribution in [2.45, 2.75) is 44.6 Å². The lowest BCUT2D eigenvalue weighted by atomic mass is 10.1. The van der Waals surface area contributed by atoms with Crippen molar-refractivity contribution in [1.29, 1.82) is 0 Å². The molecule has 2 aliphatic rings. The lowest BCUT2D eigenvalue weighted by Gasteiger charge is -2.33. The number of hydrogen-bond acceptors (Lipinski definition) is 7. The summed E-state index contributed by atoms with van der Waals surface area (Å²) in [5, 5.41) is 24.3. The molecule has 1 aromatic carbocycles. The monoisotopic (exact) mass is 395 g/mol. The number of rotatable bonds is 5.